The Morgan fingerprint density at radius 1 is 1.62 bits per heavy atom. The van der Waals surface area contributed by atoms with E-state index in [9.17, 15) is 9.18 Å². The number of rotatable bonds is 1. The van der Waals surface area contributed by atoms with Crippen molar-refractivity contribution >= 4 is 5.97 Å². The second kappa shape index (κ2) is 3.72. The van der Waals surface area contributed by atoms with E-state index in [4.69, 9.17) is 6.42 Å². The van der Waals surface area contributed by atoms with Crippen LogP contribution >= 0.6 is 0 Å². The van der Waals surface area contributed by atoms with E-state index in [2.05, 4.69) is 10.7 Å². The highest BCUT2D eigenvalue weighted by Gasteiger charge is 2.10. The highest BCUT2D eigenvalue weighted by molar-refractivity contribution is 5.92. The van der Waals surface area contributed by atoms with Crippen molar-refractivity contribution in [1.29, 1.82) is 0 Å². The molecule has 1 aromatic rings. The van der Waals surface area contributed by atoms with Crippen LogP contribution < -0.4 is 0 Å². The Morgan fingerprint density at radius 2 is 2.31 bits per heavy atom. The molecule has 0 amide bonds. The zero-order valence-electron chi connectivity index (χ0n) is 7.00. The molecule has 0 spiro atoms. The van der Waals surface area contributed by atoms with Gasteiger partial charge in [-0.25, -0.2) is 9.18 Å². The van der Waals surface area contributed by atoms with Crippen molar-refractivity contribution in [2.45, 2.75) is 0 Å². The second-order valence-electron chi connectivity index (χ2n) is 2.33. The van der Waals surface area contributed by atoms with Crippen LogP contribution in [0.4, 0.5) is 4.39 Å². The van der Waals surface area contributed by atoms with E-state index in [1.807, 2.05) is 0 Å². The molecule has 0 N–H and O–H groups in total. The Hall–Kier alpha value is -1.82. The molecule has 66 valence electrons. The van der Waals surface area contributed by atoms with E-state index in [0.29, 0.717) is 5.56 Å². The first kappa shape index (κ1) is 9.27. The Labute approximate surface area is 75.3 Å². The van der Waals surface area contributed by atoms with Crippen molar-refractivity contribution in [3.63, 3.8) is 0 Å². The van der Waals surface area contributed by atoms with Crippen LogP contribution in [0.15, 0.2) is 18.2 Å². The molecule has 0 unspecified atom stereocenters. The maximum atomic E-state index is 12.7. The van der Waals surface area contributed by atoms with E-state index >= 15 is 0 Å². The maximum Gasteiger partial charge on any atom is 0.339 e. The molecule has 0 aliphatic heterocycles. The number of carbonyl (C=O) groups excluding carboxylic acids is 1. The number of methoxy groups -OCH3 is 1. The van der Waals surface area contributed by atoms with Crippen LogP contribution in [0.3, 0.4) is 0 Å². The minimum absolute atomic E-state index is 0.0741. The van der Waals surface area contributed by atoms with Gasteiger partial charge >= 0.3 is 5.97 Å². The topological polar surface area (TPSA) is 26.3 Å². The lowest BCUT2D eigenvalue weighted by atomic mass is 10.1. The average Bonchev–Trinajstić information content (AvgIpc) is 2.16. The van der Waals surface area contributed by atoms with Crippen LogP contribution in [0.25, 0.3) is 0 Å². The smallest absolute Gasteiger partial charge is 0.339 e. The van der Waals surface area contributed by atoms with Gasteiger partial charge in [-0.1, -0.05) is 5.92 Å². The molecule has 0 saturated carbocycles. The number of ether oxygens (including phenoxy) is 1. The zero-order chi connectivity index (χ0) is 9.84. The van der Waals surface area contributed by atoms with E-state index in [0.717, 1.165) is 6.07 Å². The third-order valence-electron chi connectivity index (χ3n) is 1.54. The lowest BCUT2D eigenvalue weighted by molar-refractivity contribution is 0.0600. The standard InChI is InChI=1S/C10H7FO2/c1-3-7-4-5-8(11)6-9(7)10(12)13-2/h1,4-6H,2H3. The lowest BCUT2D eigenvalue weighted by Crippen LogP contribution is -2.04. The number of terminal acetylenes is 1. The van der Waals surface area contributed by atoms with Gasteiger partial charge in [-0.05, 0) is 18.2 Å². The van der Waals surface area contributed by atoms with E-state index in [1.54, 1.807) is 0 Å². The van der Waals surface area contributed by atoms with Crippen LogP contribution in [0.5, 0.6) is 0 Å². The minimum Gasteiger partial charge on any atom is -0.465 e. The molecule has 0 atom stereocenters. The number of esters is 1. The molecule has 0 bridgehead atoms. The highest BCUT2D eigenvalue weighted by atomic mass is 19.1. The zero-order valence-corrected chi connectivity index (χ0v) is 7.00. The normalized spacial score (nSPS) is 9.00. The van der Waals surface area contributed by atoms with Gasteiger partial charge in [0.15, 0.2) is 0 Å². The average molecular weight is 178 g/mol. The third-order valence-corrected chi connectivity index (χ3v) is 1.54. The maximum absolute atomic E-state index is 12.7. The summed E-state index contributed by atoms with van der Waals surface area (Å²) in [7, 11) is 1.22. The van der Waals surface area contributed by atoms with Gasteiger partial charge in [-0.15, -0.1) is 6.42 Å². The number of halogens is 1. The van der Waals surface area contributed by atoms with Gasteiger partial charge in [0.25, 0.3) is 0 Å². The SMILES string of the molecule is C#Cc1ccc(F)cc1C(=O)OC. The number of hydrogen-bond donors (Lipinski definition) is 0. The summed E-state index contributed by atoms with van der Waals surface area (Å²) in [5, 5.41) is 0. The molecular formula is C10H7FO2. The molecule has 0 heterocycles. The summed E-state index contributed by atoms with van der Waals surface area (Å²) in [6.07, 6.45) is 5.11. The first-order valence-electron chi connectivity index (χ1n) is 3.53. The molecule has 0 aliphatic rings. The van der Waals surface area contributed by atoms with Gasteiger partial charge in [-0.2, -0.15) is 0 Å². The van der Waals surface area contributed by atoms with Crippen molar-refractivity contribution in [3.05, 3.63) is 35.1 Å². The van der Waals surface area contributed by atoms with Gasteiger partial charge in [-0.3, -0.25) is 0 Å². The minimum atomic E-state index is -0.632. The molecule has 2 nitrogen and oxygen atoms in total. The van der Waals surface area contributed by atoms with Crippen molar-refractivity contribution in [2.75, 3.05) is 7.11 Å². The summed E-state index contributed by atoms with van der Waals surface area (Å²) in [4.78, 5) is 11.1. The van der Waals surface area contributed by atoms with Crippen LogP contribution in [0.1, 0.15) is 15.9 Å². The van der Waals surface area contributed by atoms with Crippen molar-refractivity contribution in [3.8, 4) is 12.3 Å². The van der Waals surface area contributed by atoms with Gasteiger partial charge in [0.2, 0.25) is 0 Å². The van der Waals surface area contributed by atoms with E-state index < -0.39 is 11.8 Å². The number of benzene rings is 1. The first-order chi connectivity index (χ1) is 6.19. The molecule has 0 fully saturated rings. The third kappa shape index (κ3) is 1.85. The monoisotopic (exact) mass is 178 g/mol. The molecular weight excluding hydrogens is 171 g/mol. The van der Waals surface area contributed by atoms with Crippen molar-refractivity contribution in [2.24, 2.45) is 0 Å². The highest BCUT2D eigenvalue weighted by Crippen LogP contribution is 2.11. The Bertz CT molecular complexity index is 377. The van der Waals surface area contributed by atoms with Gasteiger partial charge in [0.05, 0.1) is 12.7 Å². The fraction of sp³-hybridized carbons (Fsp3) is 0.100. The molecule has 3 heteroatoms. The fourth-order valence-electron chi connectivity index (χ4n) is 0.921. The van der Waals surface area contributed by atoms with Crippen LogP contribution in [-0.2, 0) is 4.74 Å². The summed E-state index contributed by atoms with van der Waals surface area (Å²) in [6, 6.07) is 3.62. The molecule has 13 heavy (non-hydrogen) atoms. The fourth-order valence-corrected chi connectivity index (χ4v) is 0.921. The molecule has 1 aromatic carbocycles. The quantitative estimate of drug-likeness (QED) is 0.482. The van der Waals surface area contributed by atoms with Crippen LogP contribution in [-0.4, -0.2) is 13.1 Å². The Balaban J connectivity index is 3.25. The van der Waals surface area contributed by atoms with E-state index in [1.165, 1.54) is 19.2 Å². The Morgan fingerprint density at radius 3 is 2.85 bits per heavy atom. The largest absolute Gasteiger partial charge is 0.465 e. The predicted molar refractivity (Wildman–Crippen MR) is 45.7 cm³/mol. The molecule has 0 aromatic heterocycles. The Kier molecular flexibility index (Phi) is 2.65. The van der Waals surface area contributed by atoms with Gasteiger partial charge in [0.1, 0.15) is 5.82 Å². The summed E-state index contributed by atoms with van der Waals surface area (Å²) < 4.78 is 17.1. The van der Waals surface area contributed by atoms with E-state index in [-0.39, 0.29) is 5.56 Å². The van der Waals surface area contributed by atoms with Crippen molar-refractivity contribution in [1.82, 2.24) is 0 Å². The molecule has 0 aliphatic carbocycles. The first-order valence-corrected chi connectivity index (χ1v) is 3.53. The van der Waals surface area contributed by atoms with Crippen LogP contribution in [0, 0.1) is 18.2 Å². The molecule has 0 saturated heterocycles. The summed E-state index contributed by atoms with van der Waals surface area (Å²) in [5.74, 6) is 1.12. The summed E-state index contributed by atoms with van der Waals surface area (Å²) in [5.41, 5.74) is 0.401. The van der Waals surface area contributed by atoms with Gasteiger partial charge in [0, 0.05) is 5.56 Å². The molecule has 0 radical (unpaired) electrons. The number of carbonyl (C=O) groups is 1. The second-order valence-corrected chi connectivity index (χ2v) is 2.33. The van der Waals surface area contributed by atoms with Gasteiger partial charge < -0.3 is 4.74 Å². The predicted octanol–water partition coefficient (Wildman–Crippen LogP) is 1.59. The molecule has 1 rings (SSSR count). The summed E-state index contributed by atoms with van der Waals surface area (Å²) >= 11 is 0. The van der Waals surface area contributed by atoms with Crippen molar-refractivity contribution < 1.29 is 13.9 Å². The number of hydrogen-bond acceptors (Lipinski definition) is 2. The summed E-state index contributed by atoms with van der Waals surface area (Å²) in [6.45, 7) is 0. The van der Waals surface area contributed by atoms with Crippen LogP contribution in [0.2, 0.25) is 0 Å². The lowest BCUT2D eigenvalue weighted by Gasteiger charge is -2.01.